The van der Waals surface area contributed by atoms with E-state index in [1.807, 2.05) is 13.8 Å². The van der Waals surface area contributed by atoms with E-state index < -0.39 is 5.97 Å². The molecule has 0 saturated carbocycles. The number of esters is 1. The van der Waals surface area contributed by atoms with Crippen molar-refractivity contribution in [2.45, 2.75) is 20.8 Å². The lowest BCUT2D eigenvalue weighted by molar-refractivity contribution is -0.122. The number of likely N-dealkylation sites (N-methyl/N-ethyl adjacent to an activating group) is 1. The maximum Gasteiger partial charge on any atom is 0.338 e. The average Bonchev–Trinajstić information content (AvgIpc) is 3.05. The first-order valence-corrected chi connectivity index (χ1v) is 10.8. The highest BCUT2D eigenvalue weighted by Gasteiger charge is 2.32. The largest absolute Gasteiger partial charge is 0.504 e. The number of nitrogens with zero attached hydrogens (tertiary/aromatic N) is 2. The van der Waals surface area contributed by atoms with Gasteiger partial charge in [-0.15, -0.1) is 0 Å². The summed E-state index contributed by atoms with van der Waals surface area (Å²) in [5.41, 5.74) is 1.70. The van der Waals surface area contributed by atoms with Gasteiger partial charge < -0.3 is 14.6 Å². The first kappa shape index (κ1) is 22.4. The summed E-state index contributed by atoms with van der Waals surface area (Å²) in [5.74, 6) is -0.151. The van der Waals surface area contributed by atoms with Gasteiger partial charge in [-0.2, -0.15) is 0 Å². The third-order valence-electron chi connectivity index (χ3n) is 4.37. The van der Waals surface area contributed by atoms with Crippen LogP contribution in [-0.4, -0.2) is 46.8 Å². The standard InChI is InChI=1S/C23H24N2O5S/c1-4-25-21(27)20(13-15-10-11-18(26)19(12-15)29-5-2)31-23(25)24-17-9-7-8-16(14-17)22(28)30-6-3/h7-14,26H,4-6H2,1-3H3. The number of carbonyl (C=O) groups excluding carboxylic acids is 2. The number of hydrogen-bond acceptors (Lipinski definition) is 7. The lowest BCUT2D eigenvalue weighted by Crippen LogP contribution is -2.28. The van der Waals surface area contributed by atoms with Crippen LogP contribution in [0, 0.1) is 0 Å². The molecule has 0 aliphatic carbocycles. The number of carbonyl (C=O) groups is 2. The molecule has 162 valence electrons. The molecule has 0 unspecified atom stereocenters. The molecule has 1 saturated heterocycles. The molecule has 8 heteroatoms. The summed E-state index contributed by atoms with van der Waals surface area (Å²) < 4.78 is 10.5. The first-order chi connectivity index (χ1) is 15.0. The zero-order chi connectivity index (χ0) is 22.4. The summed E-state index contributed by atoms with van der Waals surface area (Å²) in [6.45, 7) is 6.63. The Morgan fingerprint density at radius 1 is 1.16 bits per heavy atom. The Bertz CT molecular complexity index is 1050. The highest BCUT2D eigenvalue weighted by molar-refractivity contribution is 8.18. The second kappa shape index (κ2) is 10.2. The van der Waals surface area contributed by atoms with E-state index in [1.165, 1.54) is 17.8 Å². The van der Waals surface area contributed by atoms with E-state index in [4.69, 9.17) is 9.47 Å². The molecule has 31 heavy (non-hydrogen) atoms. The van der Waals surface area contributed by atoms with E-state index in [9.17, 15) is 14.7 Å². The fourth-order valence-electron chi connectivity index (χ4n) is 2.94. The third-order valence-corrected chi connectivity index (χ3v) is 5.37. The number of aliphatic imine (C=N–C) groups is 1. The summed E-state index contributed by atoms with van der Waals surface area (Å²) >= 11 is 1.26. The van der Waals surface area contributed by atoms with E-state index in [-0.39, 0.29) is 11.7 Å². The van der Waals surface area contributed by atoms with Crippen LogP contribution in [0.2, 0.25) is 0 Å². The molecule has 2 aromatic rings. The predicted molar refractivity (Wildman–Crippen MR) is 122 cm³/mol. The second-order valence-corrected chi connectivity index (χ2v) is 7.49. The van der Waals surface area contributed by atoms with Crippen molar-refractivity contribution in [1.29, 1.82) is 0 Å². The van der Waals surface area contributed by atoms with Gasteiger partial charge in [-0.1, -0.05) is 12.1 Å². The molecule has 1 N–H and O–H groups in total. The molecule has 0 bridgehead atoms. The fraction of sp³-hybridized carbons (Fsp3) is 0.261. The van der Waals surface area contributed by atoms with Gasteiger partial charge in [0.2, 0.25) is 0 Å². The summed E-state index contributed by atoms with van der Waals surface area (Å²) in [5, 5.41) is 10.4. The van der Waals surface area contributed by atoms with Crippen molar-refractivity contribution in [3.8, 4) is 11.5 Å². The lowest BCUT2D eigenvalue weighted by Gasteiger charge is -2.12. The maximum atomic E-state index is 12.9. The molecule has 1 amide bonds. The average molecular weight is 441 g/mol. The molecular weight excluding hydrogens is 416 g/mol. The van der Waals surface area contributed by atoms with E-state index in [1.54, 1.807) is 54.3 Å². The van der Waals surface area contributed by atoms with Crippen LogP contribution in [0.1, 0.15) is 36.7 Å². The molecule has 0 atom stereocenters. The Morgan fingerprint density at radius 2 is 1.97 bits per heavy atom. The zero-order valence-electron chi connectivity index (χ0n) is 17.6. The number of thioether (sulfide) groups is 1. The van der Waals surface area contributed by atoms with Crippen molar-refractivity contribution in [3.63, 3.8) is 0 Å². The number of ether oxygens (including phenoxy) is 2. The molecule has 0 radical (unpaired) electrons. The summed E-state index contributed by atoms with van der Waals surface area (Å²) in [6.07, 6.45) is 1.75. The number of rotatable bonds is 7. The smallest absolute Gasteiger partial charge is 0.338 e. The van der Waals surface area contributed by atoms with Gasteiger partial charge in [0.15, 0.2) is 16.7 Å². The zero-order valence-corrected chi connectivity index (χ0v) is 18.4. The number of phenolic OH excluding ortho intramolecular Hbond substituents is 1. The summed E-state index contributed by atoms with van der Waals surface area (Å²) in [4.78, 5) is 31.5. The van der Waals surface area contributed by atoms with Crippen molar-refractivity contribution in [2.24, 2.45) is 4.99 Å². The van der Waals surface area contributed by atoms with E-state index >= 15 is 0 Å². The molecule has 3 rings (SSSR count). The molecule has 1 heterocycles. The first-order valence-electron chi connectivity index (χ1n) is 9.99. The minimum absolute atomic E-state index is 0.0494. The Labute approximate surface area is 185 Å². The number of aromatic hydroxyl groups is 1. The third kappa shape index (κ3) is 5.27. The van der Waals surface area contributed by atoms with Crippen LogP contribution in [0.15, 0.2) is 52.4 Å². The number of phenols is 1. The predicted octanol–water partition coefficient (Wildman–Crippen LogP) is 4.59. The minimum atomic E-state index is -0.412. The van der Waals surface area contributed by atoms with Gasteiger partial charge in [0, 0.05) is 6.54 Å². The number of hydrogen-bond donors (Lipinski definition) is 1. The van der Waals surface area contributed by atoms with Crippen molar-refractivity contribution in [3.05, 3.63) is 58.5 Å². The topological polar surface area (TPSA) is 88.4 Å². The molecule has 0 spiro atoms. The van der Waals surface area contributed by atoms with Crippen molar-refractivity contribution < 1.29 is 24.2 Å². The van der Waals surface area contributed by atoms with Gasteiger partial charge >= 0.3 is 5.97 Å². The molecule has 1 fully saturated rings. The van der Waals surface area contributed by atoms with Crippen LogP contribution in [0.25, 0.3) is 6.08 Å². The highest BCUT2D eigenvalue weighted by Crippen LogP contribution is 2.35. The quantitative estimate of drug-likeness (QED) is 0.500. The molecule has 0 aromatic heterocycles. The summed E-state index contributed by atoms with van der Waals surface area (Å²) in [7, 11) is 0. The van der Waals surface area contributed by atoms with Gasteiger partial charge in [0.25, 0.3) is 5.91 Å². The van der Waals surface area contributed by atoms with Crippen LogP contribution in [-0.2, 0) is 9.53 Å². The van der Waals surface area contributed by atoms with Crippen LogP contribution in [0.3, 0.4) is 0 Å². The SMILES string of the molecule is CCOC(=O)c1cccc(N=C2SC(=Cc3ccc(O)c(OCC)c3)C(=O)N2CC)c1. The molecule has 7 nitrogen and oxygen atoms in total. The molecule has 1 aliphatic heterocycles. The van der Waals surface area contributed by atoms with Gasteiger partial charge in [0.1, 0.15) is 0 Å². The van der Waals surface area contributed by atoms with Gasteiger partial charge in [-0.3, -0.25) is 9.69 Å². The van der Waals surface area contributed by atoms with Crippen LogP contribution >= 0.6 is 11.8 Å². The minimum Gasteiger partial charge on any atom is -0.504 e. The van der Waals surface area contributed by atoms with E-state index in [2.05, 4.69) is 4.99 Å². The Kier molecular flexibility index (Phi) is 7.36. The molecular formula is C23H24N2O5S. The normalized spacial score (nSPS) is 16.2. The van der Waals surface area contributed by atoms with E-state index in [0.29, 0.717) is 46.8 Å². The number of benzene rings is 2. The highest BCUT2D eigenvalue weighted by atomic mass is 32.2. The number of amidine groups is 1. The Hall–Kier alpha value is -3.26. The summed E-state index contributed by atoms with van der Waals surface area (Å²) in [6, 6.07) is 11.7. The molecule has 1 aliphatic rings. The Balaban J connectivity index is 1.90. The van der Waals surface area contributed by atoms with Crippen molar-refractivity contribution in [2.75, 3.05) is 19.8 Å². The Morgan fingerprint density at radius 3 is 2.68 bits per heavy atom. The molecule has 2 aromatic carbocycles. The van der Waals surface area contributed by atoms with Crippen molar-refractivity contribution >= 4 is 40.6 Å². The fourth-order valence-corrected chi connectivity index (χ4v) is 4.00. The lowest BCUT2D eigenvalue weighted by atomic mass is 10.2. The monoisotopic (exact) mass is 440 g/mol. The van der Waals surface area contributed by atoms with Crippen LogP contribution in [0.4, 0.5) is 5.69 Å². The van der Waals surface area contributed by atoms with Crippen LogP contribution in [0.5, 0.6) is 11.5 Å². The number of amides is 1. The van der Waals surface area contributed by atoms with Gasteiger partial charge in [-0.25, -0.2) is 9.79 Å². The van der Waals surface area contributed by atoms with Gasteiger partial charge in [0.05, 0.1) is 29.4 Å². The maximum absolute atomic E-state index is 12.9. The van der Waals surface area contributed by atoms with Gasteiger partial charge in [-0.05, 0) is 74.5 Å². The van der Waals surface area contributed by atoms with Crippen molar-refractivity contribution in [1.82, 2.24) is 4.90 Å². The second-order valence-electron chi connectivity index (χ2n) is 6.49. The van der Waals surface area contributed by atoms with Crippen LogP contribution < -0.4 is 4.74 Å². The van der Waals surface area contributed by atoms with E-state index in [0.717, 1.165) is 5.56 Å².